The lowest BCUT2D eigenvalue weighted by Gasteiger charge is -2.22. The van der Waals surface area contributed by atoms with Crippen molar-refractivity contribution in [2.75, 3.05) is 6.54 Å². The van der Waals surface area contributed by atoms with Crippen molar-refractivity contribution in [1.29, 1.82) is 0 Å². The molecule has 0 fully saturated rings. The molecule has 0 radical (unpaired) electrons. The zero-order valence-electron chi connectivity index (χ0n) is 14.1. The van der Waals surface area contributed by atoms with E-state index in [1.165, 1.54) is 77.2 Å². The van der Waals surface area contributed by atoms with Crippen LogP contribution in [0.2, 0.25) is 0 Å². The zero-order valence-corrected chi connectivity index (χ0v) is 14.1. The van der Waals surface area contributed by atoms with E-state index >= 15 is 0 Å². The molecular formula is C18H39N. The molecule has 0 saturated carbocycles. The average Bonchev–Trinajstić information content (AvgIpc) is 2.39. The molecule has 1 nitrogen and oxygen atoms in total. The predicted octanol–water partition coefficient (Wildman–Crippen LogP) is 5.93. The minimum Gasteiger partial charge on any atom is -0.314 e. The average molecular weight is 270 g/mol. The Hall–Kier alpha value is -0.0400. The number of hydrogen-bond acceptors (Lipinski definition) is 1. The molecule has 1 N–H and O–H groups in total. The molecule has 0 aliphatic carbocycles. The summed E-state index contributed by atoms with van der Waals surface area (Å²) in [5, 5.41) is 3.76. The summed E-state index contributed by atoms with van der Waals surface area (Å²) in [7, 11) is 0. The van der Waals surface area contributed by atoms with Crippen LogP contribution in [-0.4, -0.2) is 12.6 Å². The second-order valence-corrected chi connectivity index (χ2v) is 6.34. The fourth-order valence-electron chi connectivity index (χ4n) is 2.92. The summed E-state index contributed by atoms with van der Waals surface area (Å²) in [6.07, 6.45) is 15.3. The zero-order chi connectivity index (χ0) is 14.3. The number of unbranched alkanes of at least 4 members (excludes halogenated alkanes) is 5. The summed E-state index contributed by atoms with van der Waals surface area (Å²) in [5.74, 6) is 0.888. The summed E-state index contributed by atoms with van der Waals surface area (Å²) < 4.78 is 0. The second-order valence-electron chi connectivity index (χ2n) is 6.34. The highest BCUT2D eigenvalue weighted by Crippen LogP contribution is 2.17. The highest BCUT2D eigenvalue weighted by molar-refractivity contribution is 4.70. The van der Waals surface area contributed by atoms with E-state index in [0.717, 1.165) is 12.0 Å². The second kappa shape index (κ2) is 14.4. The maximum atomic E-state index is 3.76. The Morgan fingerprint density at radius 3 is 2.05 bits per heavy atom. The Morgan fingerprint density at radius 1 is 0.737 bits per heavy atom. The fraction of sp³-hybridized carbons (Fsp3) is 1.00. The van der Waals surface area contributed by atoms with E-state index in [9.17, 15) is 0 Å². The van der Waals surface area contributed by atoms with Gasteiger partial charge in [0.25, 0.3) is 0 Å². The van der Waals surface area contributed by atoms with Crippen LogP contribution in [0.3, 0.4) is 0 Å². The molecule has 0 amide bonds. The maximum absolute atomic E-state index is 3.76. The largest absolute Gasteiger partial charge is 0.314 e. The van der Waals surface area contributed by atoms with Crippen molar-refractivity contribution in [2.24, 2.45) is 5.92 Å². The van der Waals surface area contributed by atoms with Gasteiger partial charge in [-0.2, -0.15) is 0 Å². The quantitative estimate of drug-likeness (QED) is 0.385. The summed E-state index contributed by atoms with van der Waals surface area (Å²) in [6.45, 7) is 10.5. The molecule has 2 unspecified atom stereocenters. The lowest BCUT2D eigenvalue weighted by atomic mass is 9.94. The van der Waals surface area contributed by atoms with Crippen LogP contribution >= 0.6 is 0 Å². The summed E-state index contributed by atoms with van der Waals surface area (Å²) in [6, 6.07) is 0.771. The summed E-state index contributed by atoms with van der Waals surface area (Å²) in [4.78, 5) is 0. The van der Waals surface area contributed by atoms with Crippen molar-refractivity contribution in [3.63, 3.8) is 0 Å². The Balaban J connectivity index is 3.72. The molecule has 0 bridgehead atoms. The first-order valence-corrected chi connectivity index (χ1v) is 8.97. The van der Waals surface area contributed by atoms with Crippen LogP contribution < -0.4 is 5.32 Å². The minimum atomic E-state index is 0.771. The standard InChI is InChI=1S/C18H39N/c1-5-8-9-10-11-12-14-18(19-15-7-3)16-17(4)13-6-2/h17-19H,5-16H2,1-4H3. The van der Waals surface area contributed by atoms with Crippen LogP contribution in [0.15, 0.2) is 0 Å². The molecule has 0 saturated heterocycles. The van der Waals surface area contributed by atoms with Crippen molar-refractivity contribution in [2.45, 2.75) is 104 Å². The fourth-order valence-corrected chi connectivity index (χ4v) is 2.92. The predicted molar refractivity (Wildman–Crippen MR) is 88.8 cm³/mol. The monoisotopic (exact) mass is 269 g/mol. The van der Waals surface area contributed by atoms with Crippen molar-refractivity contribution >= 4 is 0 Å². The Bertz CT molecular complexity index is 167. The summed E-state index contributed by atoms with van der Waals surface area (Å²) >= 11 is 0. The molecule has 19 heavy (non-hydrogen) atoms. The smallest absolute Gasteiger partial charge is 0.00695 e. The highest BCUT2D eigenvalue weighted by Gasteiger charge is 2.11. The van der Waals surface area contributed by atoms with Gasteiger partial charge in [-0.15, -0.1) is 0 Å². The molecule has 116 valence electrons. The van der Waals surface area contributed by atoms with Crippen molar-refractivity contribution < 1.29 is 0 Å². The van der Waals surface area contributed by atoms with E-state index in [1.54, 1.807) is 0 Å². The van der Waals surface area contributed by atoms with Gasteiger partial charge in [0.1, 0.15) is 0 Å². The lowest BCUT2D eigenvalue weighted by Crippen LogP contribution is -2.31. The van der Waals surface area contributed by atoms with E-state index in [4.69, 9.17) is 0 Å². The number of rotatable bonds is 14. The van der Waals surface area contributed by atoms with Gasteiger partial charge in [-0.05, 0) is 31.7 Å². The molecule has 0 spiro atoms. The van der Waals surface area contributed by atoms with Crippen LogP contribution in [0.4, 0.5) is 0 Å². The van der Waals surface area contributed by atoms with Crippen LogP contribution in [-0.2, 0) is 0 Å². The van der Waals surface area contributed by atoms with Crippen molar-refractivity contribution in [3.05, 3.63) is 0 Å². The molecule has 0 aromatic heterocycles. The van der Waals surface area contributed by atoms with Gasteiger partial charge in [0.2, 0.25) is 0 Å². The van der Waals surface area contributed by atoms with E-state index in [0.29, 0.717) is 0 Å². The normalized spacial score (nSPS) is 14.5. The molecule has 0 rings (SSSR count). The molecular weight excluding hydrogens is 230 g/mol. The minimum absolute atomic E-state index is 0.771. The van der Waals surface area contributed by atoms with Crippen LogP contribution in [0.5, 0.6) is 0 Å². The van der Waals surface area contributed by atoms with Gasteiger partial charge in [0, 0.05) is 6.04 Å². The van der Waals surface area contributed by atoms with Gasteiger partial charge in [-0.25, -0.2) is 0 Å². The number of hydrogen-bond donors (Lipinski definition) is 1. The first-order valence-electron chi connectivity index (χ1n) is 8.97. The third kappa shape index (κ3) is 12.7. The third-order valence-electron chi connectivity index (χ3n) is 4.06. The molecule has 0 heterocycles. The molecule has 0 aliphatic rings. The third-order valence-corrected chi connectivity index (χ3v) is 4.06. The van der Waals surface area contributed by atoms with Gasteiger partial charge >= 0.3 is 0 Å². The van der Waals surface area contributed by atoms with E-state index in [-0.39, 0.29) is 0 Å². The molecule has 2 atom stereocenters. The lowest BCUT2D eigenvalue weighted by molar-refractivity contribution is 0.358. The van der Waals surface area contributed by atoms with Crippen molar-refractivity contribution in [1.82, 2.24) is 5.32 Å². The molecule has 1 heteroatoms. The van der Waals surface area contributed by atoms with Gasteiger partial charge in [-0.3, -0.25) is 0 Å². The van der Waals surface area contributed by atoms with Crippen LogP contribution in [0.1, 0.15) is 98.3 Å². The SMILES string of the molecule is CCCCCCCCC(CC(C)CCC)NCCC. The van der Waals surface area contributed by atoms with Crippen LogP contribution in [0, 0.1) is 5.92 Å². The van der Waals surface area contributed by atoms with E-state index in [1.807, 2.05) is 0 Å². The van der Waals surface area contributed by atoms with Gasteiger partial charge in [0.15, 0.2) is 0 Å². The van der Waals surface area contributed by atoms with Gasteiger partial charge < -0.3 is 5.32 Å². The molecule has 0 aliphatic heterocycles. The Kier molecular flexibility index (Phi) is 14.3. The number of nitrogens with one attached hydrogen (secondary N) is 1. The highest BCUT2D eigenvalue weighted by atomic mass is 14.9. The Morgan fingerprint density at radius 2 is 1.42 bits per heavy atom. The van der Waals surface area contributed by atoms with Gasteiger partial charge in [0.05, 0.1) is 0 Å². The molecule has 0 aromatic carbocycles. The van der Waals surface area contributed by atoms with E-state index < -0.39 is 0 Å². The summed E-state index contributed by atoms with van der Waals surface area (Å²) in [5.41, 5.74) is 0. The maximum Gasteiger partial charge on any atom is 0.00695 e. The Labute approximate surface area is 122 Å². The first kappa shape index (κ1) is 19.0. The van der Waals surface area contributed by atoms with E-state index in [2.05, 4.69) is 33.0 Å². The topological polar surface area (TPSA) is 12.0 Å². The van der Waals surface area contributed by atoms with Crippen LogP contribution in [0.25, 0.3) is 0 Å². The molecule has 0 aromatic rings. The van der Waals surface area contributed by atoms with Crippen molar-refractivity contribution in [3.8, 4) is 0 Å². The van der Waals surface area contributed by atoms with Gasteiger partial charge in [-0.1, -0.05) is 79.1 Å². The first-order chi connectivity index (χ1) is 9.24.